The molecule has 142 valence electrons. The molecule has 2 aromatic heterocycles. The van der Waals surface area contributed by atoms with Crippen molar-refractivity contribution in [3.8, 4) is 5.75 Å². The van der Waals surface area contributed by atoms with E-state index in [1.165, 1.54) is 0 Å². The minimum absolute atomic E-state index is 0.113. The van der Waals surface area contributed by atoms with Crippen molar-refractivity contribution in [2.45, 2.75) is 39.3 Å². The number of piperidine rings is 1. The van der Waals surface area contributed by atoms with Gasteiger partial charge >= 0.3 is 5.76 Å². The van der Waals surface area contributed by atoms with Gasteiger partial charge in [0.1, 0.15) is 5.75 Å². The lowest BCUT2D eigenvalue weighted by molar-refractivity contribution is 0.165. The van der Waals surface area contributed by atoms with Gasteiger partial charge in [0, 0.05) is 30.4 Å². The van der Waals surface area contributed by atoms with Crippen LogP contribution in [-0.2, 0) is 6.54 Å². The summed E-state index contributed by atoms with van der Waals surface area (Å²) in [7, 11) is 1.70. The number of nitrogens with zero attached hydrogens (tertiary/aromatic N) is 3. The maximum Gasteiger partial charge on any atom is 0.420 e. The van der Waals surface area contributed by atoms with Gasteiger partial charge in [0.2, 0.25) is 0 Å². The van der Waals surface area contributed by atoms with E-state index in [9.17, 15) is 4.79 Å². The van der Waals surface area contributed by atoms with Crippen molar-refractivity contribution in [1.82, 2.24) is 14.5 Å². The number of benzene rings is 1. The third-order valence-electron chi connectivity index (χ3n) is 5.49. The van der Waals surface area contributed by atoms with Crippen LogP contribution >= 0.6 is 0 Å². The second kappa shape index (κ2) is 7.19. The van der Waals surface area contributed by atoms with Crippen molar-refractivity contribution < 1.29 is 9.15 Å². The Morgan fingerprint density at radius 1 is 1.30 bits per heavy atom. The molecular weight excluding hydrogens is 342 g/mol. The maximum atomic E-state index is 12.4. The Bertz CT molecular complexity index is 1020. The molecule has 1 aliphatic heterocycles. The smallest absolute Gasteiger partial charge is 0.420 e. The molecule has 0 unspecified atom stereocenters. The first-order valence-corrected chi connectivity index (χ1v) is 9.40. The van der Waals surface area contributed by atoms with Crippen LogP contribution in [-0.4, -0.2) is 34.7 Å². The molecule has 0 spiro atoms. The lowest BCUT2D eigenvalue weighted by Crippen LogP contribution is -2.38. The highest BCUT2D eigenvalue weighted by Crippen LogP contribution is 2.28. The quantitative estimate of drug-likeness (QED) is 0.707. The lowest BCUT2D eigenvalue weighted by atomic mass is 10.0. The van der Waals surface area contributed by atoms with E-state index in [2.05, 4.69) is 16.8 Å². The number of para-hydroxylation sites is 2. The average molecular weight is 367 g/mol. The summed E-state index contributed by atoms with van der Waals surface area (Å²) in [6, 6.07) is 7.75. The number of methoxy groups -OCH3 is 1. The molecule has 1 atom stereocenters. The number of ether oxygens (including phenoxy) is 1. The van der Waals surface area contributed by atoms with E-state index < -0.39 is 0 Å². The zero-order valence-electron chi connectivity index (χ0n) is 16.1. The van der Waals surface area contributed by atoms with Crippen molar-refractivity contribution >= 4 is 11.1 Å². The lowest BCUT2D eigenvalue weighted by Gasteiger charge is -2.33. The molecule has 0 aliphatic carbocycles. The minimum Gasteiger partial charge on any atom is -0.496 e. The summed E-state index contributed by atoms with van der Waals surface area (Å²) in [6.45, 7) is 6.63. The van der Waals surface area contributed by atoms with Crippen LogP contribution in [0.3, 0.4) is 0 Å². The second-order valence-electron chi connectivity index (χ2n) is 7.28. The number of rotatable bonds is 4. The molecule has 1 fully saturated rings. The van der Waals surface area contributed by atoms with Crippen LogP contribution in [0.2, 0.25) is 0 Å². The Morgan fingerprint density at radius 2 is 2.11 bits per heavy atom. The highest BCUT2D eigenvalue weighted by atomic mass is 16.5. The highest BCUT2D eigenvalue weighted by Gasteiger charge is 2.26. The van der Waals surface area contributed by atoms with Gasteiger partial charge in [-0.25, -0.2) is 4.79 Å². The normalized spacial score (nSPS) is 18.1. The average Bonchev–Trinajstić information content (AvgIpc) is 3.00. The zero-order chi connectivity index (χ0) is 19.0. The van der Waals surface area contributed by atoms with Gasteiger partial charge in [0.15, 0.2) is 5.58 Å². The third-order valence-corrected chi connectivity index (χ3v) is 5.49. The number of hydrogen-bond donors (Lipinski definition) is 0. The molecule has 0 saturated carbocycles. The molecule has 1 aromatic carbocycles. The summed E-state index contributed by atoms with van der Waals surface area (Å²) in [5.74, 6) is 0.639. The number of hydrogen-bond acceptors (Lipinski definition) is 5. The first-order valence-electron chi connectivity index (χ1n) is 9.40. The van der Waals surface area contributed by atoms with Gasteiger partial charge in [-0.3, -0.25) is 14.5 Å². The van der Waals surface area contributed by atoms with E-state index >= 15 is 0 Å². The van der Waals surface area contributed by atoms with Crippen LogP contribution in [0.4, 0.5) is 0 Å². The van der Waals surface area contributed by atoms with Crippen molar-refractivity contribution in [1.29, 1.82) is 0 Å². The number of fused-ring (bicyclic) bond motifs is 1. The molecule has 0 amide bonds. The Labute approximate surface area is 158 Å². The van der Waals surface area contributed by atoms with Crippen LogP contribution in [0.5, 0.6) is 5.75 Å². The van der Waals surface area contributed by atoms with Gasteiger partial charge < -0.3 is 9.15 Å². The maximum absolute atomic E-state index is 12.4. The number of pyridine rings is 1. The summed E-state index contributed by atoms with van der Waals surface area (Å²) in [5, 5.41) is 0. The SMILES string of the molecule is COc1c(C)cnc(CN2CCC[C@@H](n3c(=O)oc4ccccc43)C2)c1C. The Balaban J connectivity index is 1.59. The van der Waals surface area contributed by atoms with E-state index in [1.807, 2.05) is 42.0 Å². The summed E-state index contributed by atoms with van der Waals surface area (Å²) < 4.78 is 12.8. The van der Waals surface area contributed by atoms with E-state index in [-0.39, 0.29) is 11.8 Å². The molecule has 27 heavy (non-hydrogen) atoms. The zero-order valence-corrected chi connectivity index (χ0v) is 16.1. The fraction of sp³-hybridized carbons (Fsp3) is 0.429. The Kier molecular flexibility index (Phi) is 4.74. The van der Waals surface area contributed by atoms with Crippen molar-refractivity contribution in [2.24, 2.45) is 0 Å². The molecule has 1 saturated heterocycles. The standard InChI is InChI=1S/C21H25N3O3/c1-14-11-22-17(15(2)20(14)26-3)13-23-10-6-7-16(12-23)24-18-8-4-5-9-19(18)27-21(24)25/h4-5,8-9,11,16H,6-7,10,12-13H2,1-3H3/t16-/m1/s1. The molecule has 0 N–H and O–H groups in total. The molecule has 0 bridgehead atoms. The molecule has 6 nitrogen and oxygen atoms in total. The Morgan fingerprint density at radius 3 is 2.93 bits per heavy atom. The molecule has 3 aromatic rings. The summed E-state index contributed by atoms with van der Waals surface area (Å²) >= 11 is 0. The van der Waals surface area contributed by atoms with Gasteiger partial charge in [-0.05, 0) is 45.4 Å². The van der Waals surface area contributed by atoms with Crippen molar-refractivity contribution in [3.05, 3.63) is 57.8 Å². The van der Waals surface area contributed by atoms with Gasteiger partial charge in [0.25, 0.3) is 0 Å². The van der Waals surface area contributed by atoms with E-state index in [0.717, 1.165) is 60.6 Å². The molecule has 6 heteroatoms. The fourth-order valence-corrected chi connectivity index (χ4v) is 4.16. The number of likely N-dealkylation sites (tertiary alicyclic amines) is 1. The minimum atomic E-state index is -0.269. The number of aryl methyl sites for hydroxylation is 1. The Hall–Kier alpha value is -2.60. The van der Waals surface area contributed by atoms with Crippen LogP contribution in [0.25, 0.3) is 11.1 Å². The van der Waals surface area contributed by atoms with Gasteiger partial charge in [-0.15, -0.1) is 0 Å². The van der Waals surface area contributed by atoms with Crippen LogP contribution in [0.15, 0.2) is 39.7 Å². The first-order chi connectivity index (χ1) is 13.1. The molecule has 4 rings (SSSR count). The van der Waals surface area contributed by atoms with Crippen LogP contribution in [0.1, 0.15) is 35.7 Å². The van der Waals surface area contributed by atoms with Gasteiger partial charge in [0.05, 0.1) is 24.4 Å². The molecule has 1 aliphatic rings. The predicted molar refractivity (Wildman–Crippen MR) is 104 cm³/mol. The van der Waals surface area contributed by atoms with E-state index in [4.69, 9.17) is 9.15 Å². The highest BCUT2D eigenvalue weighted by molar-refractivity contribution is 5.72. The van der Waals surface area contributed by atoms with Crippen LogP contribution in [0, 0.1) is 13.8 Å². The predicted octanol–water partition coefficient (Wildman–Crippen LogP) is 3.45. The molecular formula is C21H25N3O3. The summed E-state index contributed by atoms with van der Waals surface area (Å²) in [4.78, 5) is 19.4. The topological polar surface area (TPSA) is 60.5 Å². The van der Waals surface area contributed by atoms with Crippen molar-refractivity contribution in [2.75, 3.05) is 20.2 Å². The number of aromatic nitrogens is 2. The summed E-state index contributed by atoms with van der Waals surface area (Å²) in [5.41, 5.74) is 4.70. The molecule has 3 heterocycles. The van der Waals surface area contributed by atoms with E-state index in [1.54, 1.807) is 7.11 Å². The van der Waals surface area contributed by atoms with Gasteiger partial charge in [-0.2, -0.15) is 0 Å². The van der Waals surface area contributed by atoms with E-state index in [0.29, 0.717) is 5.58 Å². The van der Waals surface area contributed by atoms with Gasteiger partial charge in [-0.1, -0.05) is 12.1 Å². The second-order valence-corrected chi connectivity index (χ2v) is 7.28. The van der Waals surface area contributed by atoms with Crippen LogP contribution < -0.4 is 10.5 Å². The third kappa shape index (κ3) is 3.25. The monoisotopic (exact) mass is 367 g/mol. The first kappa shape index (κ1) is 17.8. The number of oxazole rings is 1. The fourth-order valence-electron chi connectivity index (χ4n) is 4.16. The van der Waals surface area contributed by atoms with Crippen molar-refractivity contribution in [3.63, 3.8) is 0 Å². The largest absolute Gasteiger partial charge is 0.496 e. The molecule has 0 radical (unpaired) electrons. The summed E-state index contributed by atoms with van der Waals surface area (Å²) in [6.07, 6.45) is 3.89.